The molecule has 0 aliphatic heterocycles. The summed E-state index contributed by atoms with van der Waals surface area (Å²) in [6, 6.07) is 1.83. The highest BCUT2D eigenvalue weighted by Gasteiger charge is 2.29. The summed E-state index contributed by atoms with van der Waals surface area (Å²) in [5.41, 5.74) is 6.14. The van der Waals surface area contributed by atoms with Gasteiger partial charge in [0, 0.05) is 17.5 Å². The van der Waals surface area contributed by atoms with E-state index in [2.05, 4.69) is 49.9 Å². The van der Waals surface area contributed by atoms with E-state index in [0.717, 1.165) is 18.1 Å². The third-order valence-electron chi connectivity index (χ3n) is 3.14. The Morgan fingerprint density at radius 3 is 2.37 bits per heavy atom. The van der Waals surface area contributed by atoms with Crippen LogP contribution in [0.3, 0.4) is 0 Å². The Morgan fingerprint density at radius 2 is 1.84 bits per heavy atom. The minimum absolute atomic E-state index is 0.0140. The number of hydrogen-bond acceptors (Lipinski definition) is 4. The van der Waals surface area contributed by atoms with Crippen molar-refractivity contribution in [3.63, 3.8) is 0 Å². The van der Waals surface area contributed by atoms with Gasteiger partial charge in [0.25, 0.3) is 0 Å². The van der Waals surface area contributed by atoms with Crippen molar-refractivity contribution in [3.05, 3.63) is 11.9 Å². The van der Waals surface area contributed by atoms with Crippen LogP contribution >= 0.6 is 0 Å². The van der Waals surface area contributed by atoms with Gasteiger partial charge in [-0.3, -0.25) is 0 Å². The van der Waals surface area contributed by atoms with Crippen LogP contribution in [-0.4, -0.2) is 15.5 Å². The molecule has 2 rings (SSSR count). The van der Waals surface area contributed by atoms with Gasteiger partial charge >= 0.3 is 0 Å². The molecule has 0 radical (unpaired) electrons. The summed E-state index contributed by atoms with van der Waals surface area (Å²) in [6.07, 6.45) is 3.44. The van der Waals surface area contributed by atoms with Crippen LogP contribution in [0.4, 0.5) is 11.6 Å². The van der Waals surface area contributed by atoms with Gasteiger partial charge in [0.15, 0.2) is 0 Å². The van der Waals surface area contributed by atoms with Crippen molar-refractivity contribution in [2.75, 3.05) is 11.1 Å². The van der Waals surface area contributed by atoms with E-state index in [0.29, 0.717) is 11.7 Å². The van der Waals surface area contributed by atoms with Crippen molar-refractivity contribution in [1.29, 1.82) is 0 Å². The standard InChI is InChI=1S/C15H26N4/c1-14(2,3)9-15(4,5)19-12-8-11(16)17-13(18-12)10-6-7-10/h8,10H,6-7,9H2,1-5H3,(H3,16,17,18,19). The first-order valence-corrected chi connectivity index (χ1v) is 7.07. The molecule has 0 bridgehead atoms. The second-order valence-corrected chi connectivity index (χ2v) is 7.56. The zero-order valence-electron chi connectivity index (χ0n) is 12.7. The van der Waals surface area contributed by atoms with Crippen LogP contribution < -0.4 is 11.1 Å². The number of nitrogen functional groups attached to an aromatic ring is 1. The fourth-order valence-corrected chi connectivity index (χ4v) is 2.79. The monoisotopic (exact) mass is 262 g/mol. The molecule has 4 nitrogen and oxygen atoms in total. The highest BCUT2D eigenvalue weighted by molar-refractivity contribution is 5.46. The number of aromatic nitrogens is 2. The van der Waals surface area contributed by atoms with Crippen LogP contribution in [0.1, 0.15) is 65.6 Å². The predicted molar refractivity (Wildman–Crippen MR) is 80.2 cm³/mol. The Bertz CT molecular complexity index is 456. The van der Waals surface area contributed by atoms with Gasteiger partial charge in [-0.2, -0.15) is 0 Å². The highest BCUT2D eigenvalue weighted by atomic mass is 15.1. The maximum Gasteiger partial charge on any atom is 0.136 e. The summed E-state index contributed by atoms with van der Waals surface area (Å²) < 4.78 is 0. The number of rotatable bonds is 4. The summed E-state index contributed by atoms with van der Waals surface area (Å²) in [5, 5.41) is 3.51. The molecule has 106 valence electrons. The van der Waals surface area contributed by atoms with Gasteiger partial charge in [-0.05, 0) is 38.5 Å². The minimum Gasteiger partial charge on any atom is -0.384 e. The molecule has 3 N–H and O–H groups in total. The Morgan fingerprint density at radius 1 is 1.21 bits per heavy atom. The number of nitrogens with zero attached hydrogens (tertiary/aromatic N) is 2. The maximum atomic E-state index is 5.88. The summed E-state index contributed by atoms with van der Waals surface area (Å²) in [7, 11) is 0. The molecule has 0 aromatic carbocycles. The van der Waals surface area contributed by atoms with E-state index in [9.17, 15) is 0 Å². The fraction of sp³-hybridized carbons (Fsp3) is 0.733. The van der Waals surface area contributed by atoms with Gasteiger partial charge in [0.1, 0.15) is 17.5 Å². The Labute approximate surface area is 116 Å². The molecule has 4 heteroatoms. The second-order valence-electron chi connectivity index (χ2n) is 7.56. The SMILES string of the molecule is CC(C)(C)CC(C)(C)Nc1cc(N)nc(C2CC2)n1. The van der Waals surface area contributed by atoms with Gasteiger partial charge in [-0.15, -0.1) is 0 Å². The first-order chi connectivity index (χ1) is 8.65. The molecule has 1 fully saturated rings. The summed E-state index contributed by atoms with van der Waals surface area (Å²) >= 11 is 0. The molecule has 0 spiro atoms. The molecule has 1 aromatic rings. The molecule has 1 aliphatic carbocycles. The number of nitrogens with two attached hydrogens (primary N) is 1. The van der Waals surface area contributed by atoms with Crippen LogP contribution in [0.5, 0.6) is 0 Å². The lowest BCUT2D eigenvalue weighted by atomic mass is 9.82. The molecular weight excluding hydrogens is 236 g/mol. The van der Waals surface area contributed by atoms with Gasteiger partial charge in [-0.1, -0.05) is 20.8 Å². The molecule has 0 saturated heterocycles. The fourth-order valence-electron chi connectivity index (χ4n) is 2.79. The van der Waals surface area contributed by atoms with E-state index >= 15 is 0 Å². The third-order valence-corrected chi connectivity index (χ3v) is 3.14. The Kier molecular flexibility index (Phi) is 3.45. The Balaban J connectivity index is 2.13. The lowest BCUT2D eigenvalue weighted by molar-refractivity contribution is 0.302. The molecular formula is C15H26N4. The molecule has 1 saturated carbocycles. The lowest BCUT2D eigenvalue weighted by Gasteiger charge is -2.33. The van der Waals surface area contributed by atoms with E-state index < -0.39 is 0 Å². The summed E-state index contributed by atoms with van der Waals surface area (Å²) in [6.45, 7) is 11.2. The van der Waals surface area contributed by atoms with E-state index in [4.69, 9.17) is 5.73 Å². The quantitative estimate of drug-likeness (QED) is 0.870. The minimum atomic E-state index is -0.0140. The zero-order chi connectivity index (χ0) is 14.3. The van der Waals surface area contributed by atoms with Gasteiger partial charge in [0.05, 0.1) is 0 Å². The van der Waals surface area contributed by atoms with E-state index in [1.165, 1.54) is 12.8 Å². The molecule has 0 unspecified atom stereocenters. The average molecular weight is 262 g/mol. The van der Waals surface area contributed by atoms with Crippen molar-refractivity contribution < 1.29 is 0 Å². The van der Waals surface area contributed by atoms with Crippen molar-refractivity contribution in [1.82, 2.24) is 9.97 Å². The molecule has 1 aliphatic rings. The maximum absolute atomic E-state index is 5.88. The largest absolute Gasteiger partial charge is 0.384 e. The third kappa shape index (κ3) is 4.37. The molecule has 1 aromatic heterocycles. The molecule has 0 atom stereocenters. The first kappa shape index (κ1) is 14.1. The number of nitrogens with one attached hydrogen (secondary N) is 1. The van der Waals surface area contributed by atoms with E-state index in [1.807, 2.05) is 6.07 Å². The van der Waals surface area contributed by atoms with Crippen LogP contribution in [0.25, 0.3) is 0 Å². The molecule has 19 heavy (non-hydrogen) atoms. The normalized spacial score (nSPS) is 16.5. The van der Waals surface area contributed by atoms with Crippen LogP contribution in [-0.2, 0) is 0 Å². The van der Waals surface area contributed by atoms with Crippen molar-refractivity contribution >= 4 is 11.6 Å². The van der Waals surface area contributed by atoms with E-state index in [-0.39, 0.29) is 11.0 Å². The first-order valence-electron chi connectivity index (χ1n) is 7.07. The zero-order valence-corrected chi connectivity index (χ0v) is 12.7. The topological polar surface area (TPSA) is 63.8 Å². The number of anilines is 2. The van der Waals surface area contributed by atoms with Crippen molar-refractivity contribution in [2.24, 2.45) is 5.41 Å². The van der Waals surface area contributed by atoms with E-state index in [1.54, 1.807) is 0 Å². The highest BCUT2D eigenvalue weighted by Crippen LogP contribution is 2.39. The second kappa shape index (κ2) is 4.66. The van der Waals surface area contributed by atoms with Gasteiger partial charge < -0.3 is 11.1 Å². The summed E-state index contributed by atoms with van der Waals surface area (Å²) in [5.74, 6) is 2.83. The lowest BCUT2D eigenvalue weighted by Crippen LogP contribution is -2.35. The smallest absolute Gasteiger partial charge is 0.136 e. The number of hydrogen-bond donors (Lipinski definition) is 2. The van der Waals surface area contributed by atoms with Gasteiger partial charge in [0.2, 0.25) is 0 Å². The average Bonchev–Trinajstić information content (AvgIpc) is 2.92. The van der Waals surface area contributed by atoms with Gasteiger partial charge in [-0.25, -0.2) is 9.97 Å². The molecule has 1 heterocycles. The van der Waals surface area contributed by atoms with Crippen LogP contribution in [0.2, 0.25) is 0 Å². The van der Waals surface area contributed by atoms with Crippen molar-refractivity contribution in [2.45, 2.75) is 65.3 Å². The Hall–Kier alpha value is -1.32. The summed E-state index contributed by atoms with van der Waals surface area (Å²) in [4.78, 5) is 8.94. The molecule has 0 amide bonds. The van der Waals surface area contributed by atoms with Crippen molar-refractivity contribution in [3.8, 4) is 0 Å². The van der Waals surface area contributed by atoms with Crippen LogP contribution in [0.15, 0.2) is 6.07 Å². The predicted octanol–water partition coefficient (Wildman–Crippen LogP) is 3.56. The van der Waals surface area contributed by atoms with Crippen LogP contribution in [0, 0.1) is 5.41 Å².